The van der Waals surface area contributed by atoms with Crippen LogP contribution in [0.2, 0.25) is 0 Å². The second-order valence-corrected chi connectivity index (χ2v) is 8.11. The van der Waals surface area contributed by atoms with Gasteiger partial charge in [0.25, 0.3) is 0 Å². The minimum absolute atomic E-state index is 0.00349. The van der Waals surface area contributed by atoms with Crippen molar-refractivity contribution < 1.29 is 9.53 Å². The minimum Gasteiger partial charge on any atom is -0.494 e. The number of hydrogen-bond acceptors (Lipinski definition) is 2. The van der Waals surface area contributed by atoms with Gasteiger partial charge >= 0.3 is 0 Å². The Balaban J connectivity index is 1.74. The molecule has 0 fully saturated rings. The summed E-state index contributed by atoms with van der Waals surface area (Å²) >= 11 is 3.47. The summed E-state index contributed by atoms with van der Waals surface area (Å²) in [5.74, 6) is 0.839. The topological polar surface area (TPSA) is 38.3 Å². The first-order valence-electron chi connectivity index (χ1n) is 8.55. The molecule has 0 heterocycles. The van der Waals surface area contributed by atoms with Crippen LogP contribution >= 0.6 is 15.9 Å². The second-order valence-electron chi connectivity index (χ2n) is 7.26. The van der Waals surface area contributed by atoms with Crippen molar-refractivity contribution in [3.8, 4) is 5.75 Å². The highest BCUT2D eigenvalue weighted by molar-refractivity contribution is 9.10. The maximum atomic E-state index is 12.0. The zero-order valence-electron chi connectivity index (χ0n) is 15.4. The van der Waals surface area contributed by atoms with Crippen molar-refractivity contribution in [2.45, 2.75) is 46.0 Å². The molecule has 2 aromatic rings. The van der Waals surface area contributed by atoms with E-state index in [0.29, 0.717) is 19.4 Å². The first kappa shape index (κ1) is 19.5. The van der Waals surface area contributed by atoms with Crippen LogP contribution in [0.1, 0.15) is 44.7 Å². The Labute approximate surface area is 158 Å². The van der Waals surface area contributed by atoms with Gasteiger partial charge in [-0.2, -0.15) is 0 Å². The molecule has 0 aliphatic carbocycles. The Morgan fingerprint density at radius 1 is 1.12 bits per heavy atom. The molecular formula is C21H26BrNO2. The predicted octanol–water partition coefficient (Wildman–Crippen LogP) is 5.85. The summed E-state index contributed by atoms with van der Waals surface area (Å²) in [5.41, 5.74) is 3.37. The van der Waals surface area contributed by atoms with Crippen molar-refractivity contribution in [2.24, 2.45) is 0 Å². The SMILES string of the molecule is Cc1ccc(NC(=O)CCCOc2ccc(C(C)(C)C)cc2)c(Br)c1. The molecule has 2 aromatic carbocycles. The van der Waals surface area contributed by atoms with Gasteiger partial charge in [-0.25, -0.2) is 0 Å². The lowest BCUT2D eigenvalue weighted by Gasteiger charge is -2.19. The summed E-state index contributed by atoms with van der Waals surface area (Å²) in [6.07, 6.45) is 1.11. The maximum absolute atomic E-state index is 12.0. The van der Waals surface area contributed by atoms with Crippen LogP contribution in [-0.4, -0.2) is 12.5 Å². The number of rotatable bonds is 6. The lowest BCUT2D eigenvalue weighted by atomic mass is 9.87. The molecule has 2 rings (SSSR count). The van der Waals surface area contributed by atoms with Gasteiger partial charge in [0.2, 0.25) is 5.91 Å². The van der Waals surface area contributed by atoms with Crippen molar-refractivity contribution in [1.82, 2.24) is 0 Å². The fraction of sp³-hybridized carbons (Fsp3) is 0.381. The zero-order chi connectivity index (χ0) is 18.4. The minimum atomic E-state index is -0.00349. The Bertz CT molecular complexity index is 718. The summed E-state index contributed by atoms with van der Waals surface area (Å²) in [6.45, 7) is 9.11. The summed E-state index contributed by atoms with van der Waals surface area (Å²) in [7, 11) is 0. The number of aryl methyl sites for hydroxylation is 1. The molecule has 134 valence electrons. The molecular weight excluding hydrogens is 378 g/mol. The van der Waals surface area contributed by atoms with E-state index < -0.39 is 0 Å². The Kier molecular flexibility index (Phi) is 6.65. The van der Waals surface area contributed by atoms with Gasteiger partial charge in [-0.15, -0.1) is 0 Å². The molecule has 0 spiro atoms. The third kappa shape index (κ3) is 6.20. The van der Waals surface area contributed by atoms with E-state index in [-0.39, 0.29) is 11.3 Å². The van der Waals surface area contributed by atoms with Gasteiger partial charge in [-0.3, -0.25) is 4.79 Å². The van der Waals surface area contributed by atoms with E-state index in [1.54, 1.807) is 0 Å². The molecule has 0 saturated carbocycles. The normalized spacial score (nSPS) is 11.2. The van der Waals surface area contributed by atoms with Crippen LogP contribution in [0.15, 0.2) is 46.9 Å². The average molecular weight is 404 g/mol. The summed E-state index contributed by atoms with van der Waals surface area (Å²) < 4.78 is 6.62. The quantitative estimate of drug-likeness (QED) is 0.613. The summed E-state index contributed by atoms with van der Waals surface area (Å²) in [5, 5.41) is 2.92. The third-order valence-electron chi connectivity index (χ3n) is 3.94. The monoisotopic (exact) mass is 403 g/mol. The Morgan fingerprint density at radius 2 is 1.80 bits per heavy atom. The Morgan fingerprint density at radius 3 is 2.40 bits per heavy atom. The molecule has 0 atom stereocenters. The molecule has 0 bridgehead atoms. The molecule has 1 N–H and O–H groups in total. The molecule has 0 aliphatic heterocycles. The van der Waals surface area contributed by atoms with Crippen LogP contribution in [0, 0.1) is 6.92 Å². The summed E-state index contributed by atoms with van der Waals surface area (Å²) in [4.78, 5) is 12.0. The molecule has 3 nitrogen and oxygen atoms in total. The molecule has 0 radical (unpaired) electrons. The van der Waals surface area contributed by atoms with E-state index in [0.717, 1.165) is 21.5 Å². The number of nitrogens with one attached hydrogen (secondary N) is 1. The van der Waals surface area contributed by atoms with E-state index in [2.05, 4.69) is 54.2 Å². The molecule has 0 aliphatic rings. The highest BCUT2D eigenvalue weighted by Gasteiger charge is 2.13. The number of ether oxygens (including phenoxy) is 1. The van der Waals surface area contributed by atoms with Crippen LogP contribution in [0.25, 0.3) is 0 Å². The fourth-order valence-corrected chi connectivity index (χ4v) is 3.00. The molecule has 0 unspecified atom stereocenters. The molecule has 0 aromatic heterocycles. The smallest absolute Gasteiger partial charge is 0.224 e. The molecule has 4 heteroatoms. The van der Waals surface area contributed by atoms with Crippen LogP contribution in [0.4, 0.5) is 5.69 Å². The number of anilines is 1. The first-order valence-corrected chi connectivity index (χ1v) is 9.34. The van der Waals surface area contributed by atoms with Gasteiger partial charge in [0.1, 0.15) is 5.75 Å². The number of amides is 1. The lowest BCUT2D eigenvalue weighted by Crippen LogP contribution is -2.13. The van der Waals surface area contributed by atoms with E-state index in [9.17, 15) is 4.79 Å². The number of carbonyl (C=O) groups excluding carboxylic acids is 1. The number of benzene rings is 2. The van der Waals surface area contributed by atoms with E-state index in [1.807, 2.05) is 37.3 Å². The van der Waals surface area contributed by atoms with Gasteiger partial charge in [0, 0.05) is 10.9 Å². The molecule has 1 amide bonds. The third-order valence-corrected chi connectivity index (χ3v) is 4.59. The van der Waals surface area contributed by atoms with Crippen LogP contribution in [-0.2, 0) is 10.2 Å². The zero-order valence-corrected chi connectivity index (χ0v) is 16.9. The van der Waals surface area contributed by atoms with Crippen molar-refractivity contribution in [3.63, 3.8) is 0 Å². The molecule has 0 saturated heterocycles. The van der Waals surface area contributed by atoms with E-state index >= 15 is 0 Å². The van der Waals surface area contributed by atoms with Crippen molar-refractivity contribution >= 4 is 27.5 Å². The predicted molar refractivity (Wildman–Crippen MR) is 107 cm³/mol. The fourth-order valence-electron chi connectivity index (χ4n) is 2.41. The number of halogens is 1. The first-order chi connectivity index (χ1) is 11.8. The summed E-state index contributed by atoms with van der Waals surface area (Å²) in [6, 6.07) is 14.0. The van der Waals surface area contributed by atoms with Gasteiger partial charge < -0.3 is 10.1 Å². The lowest BCUT2D eigenvalue weighted by molar-refractivity contribution is -0.116. The highest BCUT2D eigenvalue weighted by Crippen LogP contribution is 2.25. The van der Waals surface area contributed by atoms with Gasteiger partial charge in [0.15, 0.2) is 0 Å². The maximum Gasteiger partial charge on any atom is 0.224 e. The van der Waals surface area contributed by atoms with Gasteiger partial charge in [-0.05, 0) is 70.1 Å². The van der Waals surface area contributed by atoms with Crippen LogP contribution < -0.4 is 10.1 Å². The molecule has 25 heavy (non-hydrogen) atoms. The van der Waals surface area contributed by atoms with Crippen LogP contribution in [0.3, 0.4) is 0 Å². The van der Waals surface area contributed by atoms with Crippen molar-refractivity contribution in [1.29, 1.82) is 0 Å². The van der Waals surface area contributed by atoms with Crippen LogP contribution in [0.5, 0.6) is 5.75 Å². The number of hydrogen-bond donors (Lipinski definition) is 1. The second kappa shape index (κ2) is 8.52. The van der Waals surface area contributed by atoms with Crippen molar-refractivity contribution in [2.75, 3.05) is 11.9 Å². The van der Waals surface area contributed by atoms with Gasteiger partial charge in [0.05, 0.1) is 12.3 Å². The number of carbonyl (C=O) groups is 1. The largest absolute Gasteiger partial charge is 0.494 e. The van der Waals surface area contributed by atoms with Gasteiger partial charge in [-0.1, -0.05) is 39.0 Å². The standard InChI is InChI=1S/C21H26BrNO2/c1-15-7-12-19(18(22)14-15)23-20(24)6-5-13-25-17-10-8-16(9-11-17)21(2,3)4/h7-12,14H,5-6,13H2,1-4H3,(H,23,24). The highest BCUT2D eigenvalue weighted by atomic mass is 79.9. The average Bonchev–Trinajstić information content (AvgIpc) is 2.54. The van der Waals surface area contributed by atoms with Crippen molar-refractivity contribution in [3.05, 3.63) is 58.1 Å². The Hall–Kier alpha value is -1.81. The van der Waals surface area contributed by atoms with E-state index in [1.165, 1.54) is 5.56 Å². The van der Waals surface area contributed by atoms with E-state index in [4.69, 9.17) is 4.74 Å².